The van der Waals surface area contributed by atoms with Crippen molar-refractivity contribution >= 4 is 23.8 Å². The van der Waals surface area contributed by atoms with Crippen molar-refractivity contribution < 1.29 is 23.7 Å². The lowest BCUT2D eigenvalue weighted by Gasteiger charge is -2.33. The van der Waals surface area contributed by atoms with Crippen molar-refractivity contribution in [2.45, 2.75) is 26.3 Å². The average molecular weight is 391 g/mol. The molecule has 1 aliphatic rings. The van der Waals surface area contributed by atoms with Gasteiger partial charge in [-0.3, -0.25) is 14.4 Å². The first-order valence-corrected chi connectivity index (χ1v) is 9.53. The molecule has 2 heterocycles. The number of rotatable bonds is 6. The molecule has 0 bridgehead atoms. The van der Waals surface area contributed by atoms with Crippen molar-refractivity contribution in [3.63, 3.8) is 0 Å². The Morgan fingerprint density at radius 1 is 1.29 bits per heavy atom. The Labute approximate surface area is 166 Å². The van der Waals surface area contributed by atoms with Gasteiger partial charge in [0.15, 0.2) is 6.54 Å². The molecule has 1 saturated heterocycles. The first-order chi connectivity index (χ1) is 13.1. The third-order valence-electron chi connectivity index (χ3n) is 4.43. The summed E-state index contributed by atoms with van der Waals surface area (Å²) in [7, 11) is 1.60. The maximum atomic E-state index is 12.5. The number of nitrogens with one attached hydrogen (secondary N) is 2. The number of carbonyl (C=O) groups excluding carboxylic acids is 3. The number of piperazine rings is 1. The first-order valence-electron chi connectivity index (χ1n) is 9.53. The van der Waals surface area contributed by atoms with Crippen LogP contribution >= 0.6 is 0 Å². The third kappa shape index (κ3) is 7.19. The fourth-order valence-corrected chi connectivity index (χ4v) is 2.99. The zero-order valence-corrected chi connectivity index (χ0v) is 17.2. The van der Waals surface area contributed by atoms with Crippen molar-refractivity contribution in [1.29, 1.82) is 0 Å². The summed E-state index contributed by atoms with van der Waals surface area (Å²) in [6.45, 7) is 8.92. The standard InChI is InChI=1S/C20H30N4O4/c1-20(2,3)21-17(25)14-23-9-11-24(12-10-23)19(27)15-22(4)18(26)8-7-16-6-5-13-28-16/h5-8,13H,9-12,14-15H2,1-4H3,(H,21,25)/p+1/b8-7+. The minimum absolute atomic E-state index is 0.0240. The summed E-state index contributed by atoms with van der Waals surface area (Å²) in [6.07, 6.45) is 4.50. The maximum Gasteiger partial charge on any atom is 0.275 e. The SMILES string of the molecule is CN(CC(=O)N1CC[NH+](CC(=O)NC(C)(C)C)CC1)C(=O)/C=C/c1ccco1. The second-order valence-corrected chi connectivity index (χ2v) is 8.15. The fraction of sp³-hybridized carbons (Fsp3) is 0.550. The van der Waals surface area contributed by atoms with Gasteiger partial charge in [0, 0.05) is 18.7 Å². The van der Waals surface area contributed by atoms with Gasteiger partial charge in [-0.05, 0) is 39.0 Å². The Balaban J connectivity index is 1.74. The van der Waals surface area contributed by atoms with Crippen molar-refractivity contribution in [1.82, 2.24) is 15.1 Å². The van der Waals surface area contributed by atoms with Gasteiger partial charge in [0.2, 0.25) is 11.8 Å². The van der Waals surface area contributed by atoms with E-state index >= 15 is 0 Å². The lowest BCUT2D eigenvalue weighted by molar-refractivity contribution is -0.896. The van der Waals surface area contributed by atoms with Crippen molar-refractivity contribution in [2.75, 3.05) is 46.3 Å². The van der Waals surface area contributed by atoms with Gasteiger partial charge < -0.3 is 24.4 Å². The van der Waals surface area contributed by atoms with Crippen LogP contribution < -0.4 is 10.2 Å². The van der Waals surface area contributed by atoms with Gasteiger partial charge in [0.1, 0.15) is 5.76 Å². The molecule has 3 amide bonds. The predicted molar refractivity (Wildman–Crippen MR) is 105 cm³/mol. The molecule has 8 nitrogen and oxygen atoms in total. The number of carbonyl (C=O) groups is 3. The van der Waals surface area contributed by atoms with E-state index in [-0.39, 0.29) is 29.8 Å². The maximum absolute atomic E-state index is 12.5. The highest BCUT2D eigenvalue weighted by molar-refractivity contribution is 5.93. The van der Waals surface area contributed by atoms with Gasteiger partial charge in [0.25, 0.3) is 5.91 Å². The second-order valence-electron chi connectivity index (χ2n) is 8.15. The molecule has 0 aliphatic carbocycles. The Morgan fingerprint density at radius 3 is 2.54 bits per heavy atom. The van der Waals surface area contributed by atoms with Gasteiger partial charge in [-0.25, -0.2) is 0 Å². The minimum Gasteiger partial charge on any atom is -0.465 e. The van der Waals surface area contributed by atoms with Crippen molar-refractivity contribution in [3.05, 3.63) is 30.2 Å². The van der Waals surface area contributed by atoms with E-state index in [1.165, 1.54) is 17.2 Å². The van der Waals surface area contributed by atoms with Gasteiger partial charge in [0.05, 0.1) is 39.0 Å². The normalized spacial score (nSPS) is 15.6. The molecular weight excluding hydrogens is 360 g/mol. The number of amides is 3. The van der Waals surface area contributed by atoms with E-state index in [9.17, 15) is 14.4 Å². The Hall–Kier alpha value is -2.61. The van der Waals surface area contributed by atoms with Crippen LogP contribution in [0.3, 0.4) is 0 Å². The lowest BCUT2D eigenvalue weighted by atomic mass is 10.1. The van der Waals surface area contributed by atoms with E-state index in [1.807, 2.05) is 20.8 Å². The summed E-state index contributed by atoms with van der Waals surface area (Å²) in [5.74, 6) is 0.270. The third-order valence-corrected chi connectivity index (χ3v) is 4.43. The van der Waals surface area contributed by atoms with Crippen LogP contribution in [-0.2, 0) is 14.4 Å². The van der Waals surface area contributed by atoms with Gasteiger partial charge in [-0.1, -0.05) is 0 Å². The first kappa shape index (κ1) is 21.7. The van der Waals surface area contributed by atoms with Crippen LogP contribution in [-0.4, -0.2) is 79.4 Å². The highest BCUT2D eigenvalue weighted by Gasteiger charge is 2.27. The molecule has 0 unspecified atom stereocenters. The number of nitrogens with zero attached hydrogens (tertiary/aromatic N) is 2. The second kappa shape index (κ2) is 9.54. The monoisotopic (exact) mass is 391 g/mol. The predicted octanol–water partition coefficient (Wildman–Crippen LogP) is -0.607. The molecule has 2 N–H and O–H groups in total. The number of hydrogen-bond acceptors (Lipinski definition) is 4. The van der Waals surface area contributed by atoms with Crippen LogP contribution in [0.4, 0.5) is 0 Å². The lowest BCUT2D eigenvalue weighted by Crippen LogP contribution is -3.16. The van der Waals surface area contributed by atoms with E-state index in [0.717, 1.165) is 18.0 Å². The molecule has 0 radical (unpaired) electrons. The molecule has 1 aromatic heterocycles. The van der Waals surface area contributed by atoms with E-state index in [4.69, 9.17) is 4.42 Å². The number of quaternary nitrogens is 1. The quantitative estimate of drug-likeness (QED) is 0.634. The van der Waals surface area contributed by atoms with E-state index in [0.29, 0.717) is 25.4 Å². The van der Waals surface area contributed by atoms with Gasteiger partial charge in [-0.2, -0.15) is 0 Å². The summed E-state index contributed by atoms with van der Waals surface area (Å²) in [4.78, 5) is 40.9. The van der Waals surface area contributed by atoms with Crippen molar-refractivity contribution in [2.24, 2.45) is 0 Å². The summed E-state index contributed by atoms with van der Waals surface area (Å²) in [6, 6.07) is 3.49. The van der Waals surface area contributed by atoms with Crippen LogP contribution in [0.1, 0.15) is 26.5 Å². The van der Waals surface area contributed by atoms with Crippen LogP contribution in [0.25, 0.3) is 6.08 Å². The van der Waals surface area contributed by atoms with Crippen LogP contribution in [0.15, 0.2) is 28.9 Å². The van der Waals surface area contributed by atoms with E-state index in [2.05, 4.69) is 5.32 Å². The van der Waals surface area contributed by atoms with Crippen LogP contribution in [0, 0.1) is 0 Å². The summed E-state index contributed by atoms with van der Waals surface area (Å²) in [5, 5.41) is 2.96. The minimum atomic E-state index is -0.257. The largest absolute Gasteiger partial charge is 0.465 e. The highest BCUT2D eigenvalue weighted by atomic mass is 16.3. The van der Waals surface area contributed by atoms with Crippen LogP contribution in [0.5, 0.6) is 0 Å². The fourth-order valence-electron chi connectivity index (χ4n) is 2.99. The highest BCUT2D eigenvalue weighted by Crippen LogP contribution is 2.03. The molecule has 1 aromatic rings. The smallest absolute Gasteiger partial charge is 0.275 e. The molecule has 0 atom stereocenters. The Morgan fingerprint density at radius 2 is 1.96 bits per heavy atom. The molecule has 0 saturated carbocycles. The molecule has 0 aromatic carbocycles. The summed E-state index contributed by atoms with van der Waals surface area (Å²) in [5.41, 5.74) is -0.239. The number of likely N-dealkylation sites (N-methyl/N-ethyl adjacent to an activating group) is 1. The molecule has 28 heavy (non-hydrogen) atoms. The van der Waals surface area contributed by atoms with Crippen LogP contribution in [0.2, 0.25) is 0 Å². The summed E-state index contributed by atoms with van der Waals surface area (Å²) >= 11 is 0. The molecule has 1 fully saturated rings. The zero-order valence-electron chi connectivity index (χ0n) is 17.2. The average Bonchev–Trinajstić information content (AvgIpc) is 3.12. The topological polar surface area (TPSA) is 87.3 Å². The molecule has 8 heteroatoms. The molecule has 154 valence electrons. The molecule has 1 aliphatic heterocycles. The molecular formula is C20H31N4O4+. The van der Waals surface area contributed by atoms with E-state index < -0.39 is 0 Å². The molecule has 0 spiro atoms. The number of furan rings is 1. The van der Waals surface area contributed by atoms with Gasteiger partial charge in [-0.15, -0.1) is 0 Å². The Bertz CT molecular complexity index is 698. The molecule has 2 rings (SSSR count). The van der Waals surface area contributed by atoms with Gasteiger partial charge >= 0.3 is 0 Å². The Kier molecular flexibility index (Phi) is 7.39. The number of hydrogen-bond donors (Lipinski definition) is 2. The summed E-state index contributed by atoms with van der Waals surface area (Å²) < 4.78 is 5.14. The zero-order chi connectivity index (χ0) is 20.7. The van der Waals surface area contributed by atoms with E-state index in [1.54, 1.807) is 30.2 Å². The van der Waals surface area contributed by atoms with Crippen molar-refractivity contribution in [3.8, 4) is 0 Å².